The number of hydrogen-bond donors (Lipinski definition) is 1. The van der Waals surface area contributed by atoms with Crippen molar-refractivity contribution < 1.29 is 18.0 Å². The summed E-state index contributed by atoms with van der Waals surface area (Å²) < 4.78 is 38.0. The van der Waals surface area contributed by atoms with Crippen molar-refractivity contribution in [1.82, 2.24) is 9.88 Å². The molecule has 0 atom stereocenters. The first-order valence-electron chi connectivity index (χ1n) is 10.3. The Bertz CT molecular complexity index is 890. The molecule has 1 amide bonds. The SMILES string of the molecule is O=C(CCN1CCN(c2ccc(C(F)(F)F)cn2)CC1)Nc1ccc2c(c1)CCC2. The van der Waals surface area contributed by atoms with Crippen LogP contribution in [0.15, 0.2) is 36.5 Å². The van der Waals surface area contributed by atoms with Crippen LogP contribution in [0.2, 0.25) is 0 Å². The molecule has 2 aromatic rings. The summed E-state index contributed by atoms with van der Waals surface area (Å²) in [5, 5.41) is 2.99. The molecule has 1 aromatic heterocycles. The molecule has 0 spiro atoms. The summed E-state index contributed by atoms with van der Waals surface area (Å²) in [4.78, 5) is 20.4. The largest absolute Gasteiger partial charge is 0.417 e. The molecule has 2 heterocycles. The zero-order valence-corrected chi connectivity index (χ0v) is 16.7. The molecule has 1 saturated heterocycles. The highest BCUT2D eigenvalue weighted by Gasteiger charge is 2.31. The molecule has 0 unspecified atom stereocenters. The first kappa shape index (κ1) is 20.7. The molecule has 8 heteroatoms. The van der Waals surface area contributed by atoms with Crippen LogP contribution in [0.4, 0.5) is 24.7 Å². The minimum absolute atomic E-state index is 0.000201. The van der Waals surface area contributed by atoms with Crippen LogP contribution in [0.5, 0.6) is 0 Å². The van der Waals surface area contributed by atoms with Crippen LogP contribution >= 0.6 is 0 Å². The van der Waals surface area contributed by atoms with Gasteiger partial charge in [0.25, 0.3) is 0 Å². The summed E-state index contributed by atoms with van der Waals surface area (Å²) in [6.07, 6.45) is 0.306. The van der Waals surface area contributed by atoms with Gasteiger partial charge in [-0.3, -0.25) is 9.69 Å². The first-order chi connectivity index (χ1) is 14.4. The fourth-order valence-electron chi connectivity index (χ4n) is 4.07. The Labute approximate surface area is 173 Å². The number of fused-ring (bicyclic) bond motifs is 1. The number of halogens is 3. The normalized spacial score (nSPS) is 17.1. The van der Waals surface area contributed by atoms with Crippen molar-refractivity contribution in [2.24, 2.45) is 0 Å². The second-order valence-corrected chi connectivity index (χ2v) is 7.87. The van der Waals surface area contributed by atoms with Crippen LogP contribution in [-0.4, -0.2) is 48.5 Å². The molecule has 5 nitrogen and oxygen atoms in total. The molecule has 0 saturated carbocycles. The molecule has 0 radical (unpaired) electrons. The number of pyridine rings is 1. The van der Waals surface area contributed by atoms with Gasteiger partial charge in [-0.1, -0.05) is 6.07 Å². The molecule has 0 bridgehead atoms. The smallest absolute Gasteiger partial charge is 0.354 e. The van der Waals surface area contributed by atoms with Gasteiger partial charge in [-0.05, 0) is 54.7 Å². The highest BCUT2D eigenvalue weighted by atomic mass is 19.4. The number of carbonyl (C=O) groups is 1. The van der Waals surface area contributed by atoms with Gasteiger partial charge in [0, 0.05) is 51.0 Å². The second-order valence-electron chi connectivity index (χ2n) is 7.87. The lowest BCUT2D eigenvalue weighted by atomic mass is 10.1. The maximum atomic E-state index is 12.7. The molecular formula is C22H25F3N4O. The topological polar surface area (TPSA) is 48.5 Å². The Morgan fingerprint density at radius 1 is 1.03 bits per heavy atom. The number of aromatic nitrogens is 1. The minimum Gasteiger partial charge on any atom is -0.354 e. The minimum atomic E-state index is -4.37. The van der Waals surface area contributed by atoms with E-state index in [4.69, 9.17) is 0 Å². The van der Waals surface area contributed by atoms with Crippen molar-refractivity contribution in [3.8, 4) is 0 Å². The highest BCUT2D eigenvalue weighted by molar-refractivity contribution is 5.91. The molecule has 1 aliphatic carbocycles. The van der Waals surface area contributed by atoms with E-state index in [1.807, 2.05) is 11.0 Å². The van der Waals surface area contributed by atoms with E-state index in [-0.39, 0.29) is 5.91 Å². The second kappa shape index (κ2) is 8.63. The van der Waals surface area contributed by atoms with E-state index in [0.717, 1.165) is 43.9 Å². The molecule has 1 fully saturated rings. The summed E-state index contributed by atoms with van der Waals surface area (Å²) in [7, 11) is 0. The van der Waals surface area contributed by atoms with E-state index in [1.165, 1.54) is 23.6 Å². The lowest BCUT2D eigenvalue weighted by Gasteiger charge is -2.35. The van der Waals surface area contributed by atoms with Crippen molar-refractivity contribution in [1.29, 1.82) is 0 Å². The molecule has 30 heavy (non-hydrogen) atoms. The lowest BCUT2D eigenvalue weighted by Crippen LogP contribution is -2.47. The number of anilines is 2. The molecular weight excluding hydrogens is 393 g/mol. The van der Waals surface area contributed by atoms with Gasteiger partial charge in [-0.25, -0.2) is 4.98 Å². The number of alkyl halides is 3. The van der Waals surface area contributed by atoms with Crippen molar-refractivity contribution in [2.75, 3.05) is 42.9 Å². The average molecular weight is 418 g/mol. The Kier molecular flexibility index (Phi) is 5.94. The number of hydrogen-bond acceptors (Lipinski definition) is 4. The van der Waals surface area contributed by atoms with Crippen molar-refractivity contribution >= 4 is 17.4 Å². The zero-order valence-electron chi connectivity index (χ0n) is 16.7. The van der Waals surface area contributed by atoms with Crippen LogP contribution in [0, 0.1) is 0 Å². The van der Waals surface area contributed by atoms with Gasteiger partial charge < -0.3 is 10.2 Å². The third-order valence-corrected chi connectivity index (χ3v) is 5.81. The van der Waals surface area contributed by atoms with Crippen molar-refractivity contribution in [3.05, 3.63) is 53.2 Å². The van der Waals surface area contributed by atoms with E-state index in [0.29, 0.717) is 31.9 Å². The predicted molar refractivity (Wildman–Crippen MR) is 110 cm³/mol. The van der Waals surface area contributed by atoms with Crippen LogP contribution < -0.4 is 10.2 Å². The van der Waals surface area contributed by atoms with E-state index >= 15 is 0 Å². The van der Waals surface area contributed by atoms with Gasteiger partial charge in [-0.15, -0.1) is 0 Å². The van der Waals surface area contributed by atoms with Gasteiger partial charge >= 0.3 is 6.18 Å². The van der Waals surface area contributed by atoms with Gasteiger partial charge in [0.15, 0.2) is 0 Å². The molecule has 160 valence electrons. The first-order valence-corrected chi connectivity index (χ1v) is 10.3. The van der Waals surface area contributed by atoms with E-state index < -0.39 is 11.7 Å². The summed E-state index contributed by atoms with van der Waals surface area (Å²) in [5.41, 5.74) is 2.84. The monoisotopic (exact) mass is 418 g/mol. The lowest BCUT2D eigenvalue weighted by molar-refractivity contribution is -0.137. The average Bonchev–Trinajstić information content (AvgIpc) is 3.20. The quantitative estimate of drug-likeness (QED) is 0.804. The van der Waals surface area contributed by atoms with Gasteiger partial charge in [0.2, 0.25) is 5.91 Å². The van der Waals surface area contributed by atoms with Gasteiger partial charge in [0.1, 0.15) is 5.82 Å². The van der Waals surface area contributed by atoms with Gasteiger partial charge in [-0.2, -0.15) is 13.2 Å². The Morgan fingerprint density at radius 3 is 2.50 bits per heavy atom. The number of piperazine rings is 1. The van der Waals surface area contributed by atoms with E-state index in [2.05, 4.69) is 27.3 Å². The fraction of sp³-hybridized carbons (Fsp3) is 0.455. The molecule has 1 aromatic carbocycles. The van der Waals surface area contributed by atoms with Crippen LogP contribution in [0.3, 0.4) is 0 Å². The Morgan fingerprint density at radius 2 is 1.80 bits per heavy atom. The molecule has 4 rings (SSSR count). The number of nitrogens with zero attached hydrogens (tertiary/aromatic N) is 3. The maximum absolute atomic E-state index is 12.7. The number of aryl methyl sites for hydroxylation is 2. The van der Waals surface area contributed by atoms with Crippen molar-refractivity contribution in [3.63, 3.8) is 0 Å². The summed E-state index contributed by atoms with van der Waals surface area (Å²) in [6, 6.07) is 8.64. The Hall–Kier alpha value is -2.61. The number of carbonyl (C=O) groups excluding carboxylic acids is 1. The fourth-order valence-corrected chi connectivity index (χ4v) is 4.07. The van der Waals surface area contributed by atoms with E-state index in [9.17, 15) is 18.0 Å². The summed E-state index contributed by atoms with van der Waals surface area (Å²) in [6.45, 7) is 3.49. The van der Waals surface area contributed by atoms with E-state index in [1.54, 1.807) is 0 Å². The highest BCUT2D eigenvalue weighted by Crippen LogP contribution is 2.29. The molecule has 1 aliphatic heterocycles. The summed E-state index contributed by atoms with van der Waals surface area (Å²) >= 11 is 0. The molecule has 2 aliphatic rings. The van der Waals surface area contributed by atoms with Crippen molar-refractivity contribution in [2.45, 2.75) is 31.9 Å². The molecule has 1 N–H and O–H groups in total. The number of nitrogens with one attached hydrogen (secondary N) is 1. The number of rotatable bonds is 5. The standard InChI is InChI=1S/C22H25F3N4O/c23-22(24,25)18-5-7-20(26-15-18)29-12-10-28(11-13-29)9-8-21(30)27-19-6-4-16-2-1-3-17(16)14-19/h4-7,14-15H,1-3,8-13H2,(H,27,30). The third kappa shape index (κ3) is 4.92. The number of amides is 1. The zero-order chi connectivity index (χ0) is 21.1. The van der Waals surface area contributed by atoms with Crippen LogP contribution in [-0.2, 0) is 23.8 Å². The van der Waals surface area contributed by atoms with Crippen LogP contribution in [0.1, 0.15) is 29.5 Å². The Balaban J connectivity index is 1.21. The maximum Gasteiger partial charge on any atom is 0.417 e. The third-order valence-electron chi connectivity index (χ3n) is 5.81. The van der Waals surface area contributed by atoms with Crippen LogP contribution in [0.25, 0.3) is 0 Å². The van der Waals surface area contributed by atoms with Gasteiger partial charge in [0.05, 0.1) is 5.56 Å². The summed E-state index contributed by atoms with van der Waals surface area (Å²) in [5.74, 6) is 0.553. The number of benzene rings is 1. The predicted octanol–water partition coefficient (Wildman–Crippen LogP) is 3.74.